The maximum absolute atomic E-state index is 14.6. The molecule has 0 radical (unpaired) electrons. The zero-order chi connectivity index (χ0) is 28.9. The number of carbonyl (C=O) groups is 3. The highest BCUT2D eigenvalue weighted by Crippen LogP contribution is 2.55. The molecule has 4 heterocycles. The SMILES string of the molecule is CC(C)(C)N1CC=C[C@]23O[C@@H]4C=CCN(Cc5ccccc5)C(=O)[C@@H]4[C@H]2C(=O)N([C@H](CO)c2ccccc2)C3C1=O. The lowest BCUT2D eigenvalue weighted by atomic mass is 9.77. The number of hydrogen-bond donors (Lipinski definition) is 1. The van der Waals surface area contributed by atoms with Gasteiger partial charge in [0.1, 0.15) is 11.6 Å². The molecule has 6 atom stereocenters. The Morgan fingerprint density at radius 1 is 0.927 bits per heavy atom. The monoisotopic (exact) mass is 555 g/mol. The molecular formula is C33H37N3O5. The van der Waals surface area contributed by atoms with E-state index in [1.165, 1.54) is 4.90 Å². The molecule has 1 unspecified atom stereocenters. The number of nitrogens with zero attached hydrogens (tertiary/aromatic N) is 3. The van der Waals surface area contributed by atoms with Gasteiger partial charge < -0.3 is 24.5 Å². The van der Waals surface area contributed by atoms with E-state index in [-0.39, 0.29) is 24.3 Å². The molecule has 2 saturated heterocycles. The third kappa shape index (κ3) is 4.41. The van der Waals surface area contributed by atoms with Crippen LogP contribution in [0, 0.1) is 11.8 Å². The molecule has 0 aliphatic carbocycles. The summed E-state index contributed by atoms with van der Waals surface area (Å²) in [4.78, 5) is 48.4. The van der Waals surface area contributed by atoms with Gasteiger partial charge >= 0.3 is 0 Å². The Hall–Kier alpha value is -3.75. The highest BCUT2D eigenvalue weighted by atomic mass is 16.5. The summed E-state index contributed by atoms with van der Waals surface area (Å²) >= 11 is 0. The van der Waals surface area contributed by atoms with E-state index in [2.05, 4.69) is 0 Å². The summed E-state index contributed by atoms with van der Waals surface area (Å²) in [5.74, 6) is -2.47. The van der Waals surface area contributed by atoms with Gasteiger partial charge in [0.2, 0.25) is 17.7 Å². The first kappa shape index (κ1) is 27.4. The summed E-state index contributed by atoms with van der Waals surface area (Å²) < 4.78 is 6.76. The van der Waals surface area contributed by atoms with Crippen LogP contribution in [0.5, 0.6) is 0 Å². The average molecular weight is 556 g/mol. The number of aliphatic hydroxyl groups is 1. The van der Waals surface area contributed by atoms with Crippen LogP contribution in [0.2, 0.25) is 0 Å². The van der Waals surface area contributed by atoms with Crippen LogP contribution in [0.15, 0.2) is 85.0 Å². The molecule has 4 aliphatic heterocycles. The third-order valence-corrected chi connectivity index (χ3v) is 8.90. The Morgan fingerprint density at radius 3 is 2.27 bits per heavy atom. The van der Waals surface area contributed by atoms with Crippen molar-refractivity contribution in [3.05, 3.63) is 96.1 Å². The molecule has 3 amide bonds. The highest BCUT2D eigenvalue weighted by Gasteiger charge is 2.72. The summed E-state index contributed by atoms with van der Waals surface area (Å²) in [5, 5.41) is 10.7. The first-order valence-corrected chi connectivity index (χ1v) is 14.3. The standard InChI is InChI=1S/C33H37N3O5/c1-32(2,3)35-19-11-17-33-27(30(39)36(28(33)31(35)40)24(21-37)23-14-8-5-9-15-23)26-25(41-33)16-10-18-34(29(26)38)20-22-12-6-4-7-13-22/h4-17,24-28,37H,18-21H2,1-3H3/t24-,25-,26+,27+,28?,33+/m1/s1. The fourth-order valence-corrected chi connectivity index (χ4v) is 7.04. The van der Waals surface area contributed by atoms with Gasteiger partial charge in [0, 0.05) is 25.2 Å². The van der Waals surface area contributed by atoms with E-state index in [0.717, 1.165) is 11.1 Å². The number of amides is 3. The van der Waals surface area contributed by atoms with E-state index in [9.17, 15) is 19.5 Å². The van der Waals surface area contributed by atoms with Crippen LogP contribution >= 0.6 is 0 Å². The van der Waals surface area contributed by atoms with Crippen LogP contribution < -0.4 is 0 Å². The third-order valence-electron chi connectivity index (χ3n) is 8.90. The second kappa shape index (κ2) is 10.3. The van der Waals surface area contributed by atoms with Crippen molar-refractivity contribution in [1.29, 1.82) is 0 Å². The van der Waals surface area contributed by atoms with Crippen LogP contribution in [-0.2, 0) is 25.7 Å². The molecule has 2 aromatic carbocycles. The molecule has 0 bridgehead atoms. The number of rotatable bonds is 5. The Balaban J connectivity index is 1.46. The smallest absolute Gasteiger partial charge is 0.249 e. The van der Waals surface area contributed by atoms with Gasteiger partial charge in [-0.25, -0.2) is 0 Å². The Labute approximate surface area is 240 Å². The van der Waals surface area contributed by atoms with Crippen molar-refractivity contribution >= 4 is 17.7 Å². The number of aliphatic hydroxyl groups excluding tert-OH is 1. The van der Waals surface area contributed by atoms with Gasteiger partial charge in [-0.2, -0.15) is 0 Å². The molecule has 1 N–H and O–H groups in total. The molecule has 2 aromatic rings. The largest absolute Gasteiger partial charge is 0.394 e. The van der Waals surface area contributed by atoms with Crippen molar-refractivity contribution in [3.8, 4) is 0 Å². The number of likely N-dealkylation sites (tertiary alicyclic amines) is 1. The molecule has 6 rings (SSSR count). The zero-order valence-corrected chi connectivity index (χ0v) is 23.7. The summed E-state index contributed by atoms with van der Waals surface area (Å²) in [6.07, 6.45) is 6.89. The van der Waals surface area contributed by atoms with Crippen LogP contribution in [-0.4, -0.2) is 80.5 Å². The number of ether oxygens (including phenoxy) is 1. The van der Waals surface area contributed by atoms with Gasteiger partial charge in [-0.1, -0.05) is 85.0 Å². The van der Waals surface area contributed by atoms with Gasteiger partial charge in [-0.05, 0) is 31.9 Å². The molecule has 8 nitrogen and oxygen atoms in total. The van der Waals surface area contributed by atoms with Crippen molar-refractivity contribution in [2.24, 2.45) is 11.8 Å². The topological polar surface area (TPSA) is 90.4 Å². The molecule has 0 aromatic heterocycles. The van der Waals surface area contributed by atoms with Gasteiger partial charge in [0.15, 0.2) is 0 Å². The maximum atomic E-state index is 14.6. The van der Waals surface area contributed by atoms with Crippen LogP contribution in [0.1, 0.15) is 37.9 Å². The molecule has 2 fully saturated rings. The summed E-state index contributed by atoms with van der Waals surface area (Å²) in [6, 6.07) is 17.2. The van der Waals surface area contributed by atoms with Crippen LogP contribution in [0.25, 0.3) is 0 Å². The fourth-order valence-electron chi connectivity index (χ4n) is 7.04. The Kier molecular flexibility index (Phi) is 6.86. The minimum Gasteiger partial charge on any atom is -0.394 e. The lowest BCUT2D eigenvalue weighted by molar-refractivity contribution is -0.154. The van der Waals surface area contributed by atoms with Crippen molar-refractivity contribution in [2.75, 3.05) is 19.7 Å². The van der Waals surface area contributed by atoms with E-state index >= 15 is 0 Å². The number of fused-ring (bicyclic) bond motifs is 2. The summed E-state index contributed by atoms with van der Waals surface area (Å²) in [5.41, 5.74) is -0.155. The first-order valence-electron chi connectivity index (χ1n) is 14.3. The normalized spacial score (nSPS) is 30.1. The van der Waals surface area contributed by atoms with E-state index in [4.69, 9.17) is 4.74 Å². The number of carbonyl (C=O) groups excluding carboxylic acids is 3. The lowest BCUT2D eigenvalue weighted by Crippen LogP contribution is -2.59. The second-order valence-corrected chi connectivity index (χ2v) is 12.4. The Morgan fingerprint density at radius 2 is 1.61 bits per heavy atom. The molecule has 8 heteroatoms. The Bertz CT molecular complexity index is 1380. The first-order chi connectivity index (χ1) is 19.7. The molecule has 41 heavy (non-hydrogen) atoms. The van der Waals surface area contributed by atoms with Crippen LogP contribution in [0.4, 0.5) is 0 Å². The predicted molar refractivity (Wildman–Crippen MR) is 153 cm³/mol. The number of hydrogen-bond acceptors (Lipinski definition) is 5. The average Bonchev–Trinajstić information content (AvgIpc) is 3.27. The lowest BCUT2D eigenvalue weighted by Gasteiger charge is -2.42. The molecule has 214 valence electrons. The highest BCUT2D eigenvalue weighted by molar-refractivity contribution is 6.00. The molecular weight excluding hydrogens is 518 g/mol. The second-order valence-electron chi connectivity index (χ2n) is 12.4. The molecule has 0 saturated carbocycles. The maximum Gasteiger partial charge on any atom is 0.249 e. The van der Waals surface area contributed by atoms with Gasteiger partial charge in [-0.3, -0.25) is 14.4 Å². The number of benzene rings is 2. The van der Waals surface area contributed by atoms with E-state index < -0.39 is 41.2 Å². The molecule has 4 aliphatic rings. The van der Waals surface area contributed by atoms with Gasteiger partial charge in [0.05, 0.1) is 30.6 Å². The van der Waals surface area contributed by atoms with Crippen molar-refractivity contribution in [2.45, 2.75) is 56.6 Å². The van der Waals surface area contributed by atoms with Crippen LogP contribution in [0.3, 0.4) is 0 Å². The minimum atomic E-state index is -1.35. The fraction of sp³-hybridized carbons (Fsp3) is 0.424. The van der Waals surface area contributed by atoms with E-state index in [1.54, 1.807) is 9.80 Å². The van der Waals surface area contributed by atoms with Gasteiger partial charge in [0.25, 0.3) is 0 Å². The van der Waals surface area contributed by atoms with Crippen molar-refractivity contribution < 1.29 is 24.2 Å². The molecule has 1 spiro atoms. The van der Waals surface area contributed by atoms with E-state index in [0.29, 0.717) is 19.6 Å². The quantitative estimate of drug-likeness (QED) is 0.573. The van der Waals surface area contributed by atoms with Gasteiger partial charge in [-0.15, -0.1) is 0 Å². The van der Waals surface area contributed by atoms with Crippen molar-refractivity contribution in [3.63, 3.8) is 0 Å². The van der Waals surface area contributed by atoms with Crippen molar-refractivity contribution in [1.82, 2.24) is 14.7 Å². The summed E-state index contributed by atoms with van der Waals surface area (Å²) in [7, 11) is 0. The zero-order valence-electron chi connectivity index (χ0n) is 23.7. The van der Waals surface area contributed by atoms with E-state index in [1.807, 2.05) is 106 Å². The minimum absolute atomic E-state index is 0.169. The predicted octanol–water partition coefficient (Wildman–Crippen LogP) is 3.10. The summed E-state index contributed by atoms with van der Waals surface area (Å²) in [6.45, 7) is 6.68.